The minimum atomic E-state index is 0.756. The van der Waals surface area contributed by atoms with E-state index < -0.39 is 0 Å². The summed E-state index contributed by atoms with van der Waals surface area (Å²) in [6.07, 6.45) is 6.55. The number of hydrogen-bond acceptors (Lipinski definition) is 2. The van der Waals surface area contributed by atoms with Crippen LogP contribution in [0, 0.1) is 0 Å². The van der Waals surface area contributed by atoms with E-state index in [1.54, 1.807) is 0 Å². The van der Waals surface area contributed by atoms with Crippen molar-refractivity contribution in [1.29, 1.82) is 0 Å². The minimum Gasteiger partial charge on any atom is -0.310 e. The maximum absolute atomic E-state index is 4.37. The van der Waals surface area contributed by atoms with E-state index >= 15 is 0 Å². The van der Waals surface area contributed by atoms with Crippen LogP contribution >= 0.6 is 0 Å². The van der Waals surface area contributed by atoms with Gasteiger partial charge in [0.25, 0.3) is 0 Å². The molecule has 3 aromatic rings. The lowest BCUT2D eigenvalue weighted by Crippen LogP contribution is -2.14. The predicted octanol–water partition coefficient (Wildman–Crippen LogP) is 4.15. The molecule has 2 aromatic carbocycles. The molecule has 1 aliphatic carbocycles. The Morgan fingerprint density at radius 1 is 0.952 bits per heavy atom. The first-order valence-electron chi connectivity index (χ1n) is 7.55. The van der Waals surface area contributed by atoms with Crippen LogP contribution < -0.4 is 5.32 Å². The van der Waals surface area contributed by atoms with Gasteiger partial charge in [-0.3, -0.25) is 4.98 Å². The number of pyridine rings is 1. The summed E-state index contributed by atoms with van der Waals surface area (Å²) >= 11 is 0. The van der Waals surface area contributed by atoms with Gasteiger partial charge in [-0.15, -0.1) is 0 Å². The lowest BCUT2D eigenvalue weighted by Gasteiger charge is -2.08. The monoisotopic (exact) mass is 274 g/mol. The molecule has 21 heavy (non-hydrogen) atoms. The molecule has 0 atom stereocenters. The first kappa shape index (κ1) is 12.5. The average molecular weight is 274 g/mol. The van der Waals surface area contributed by atoms with Crippen LogP contribution in [0.4, 0.5) is 0 Å². The van der Waals surface area contributed by atoms with Gasteiger partial charge in [0.2, 0.25) is 0 Å². The fraction of sp³-hybridized carbons (Fsp3) is 0.211. The lowest BCUT2D eigenvalue weighted by molar-refractivity contribution is 0.688. The van der Waals surface area contributed by atoms with E-state index in [9.17, 15) is 0 Å². The van der Waals surface area contributed by atoms with E-state index in [4.69, 9.17) is 0 Å². The molecule has 0 aliphatic heterocycles. The highest BCUT2D eigenvalue weighted by atomic mass is 14.9. The zero-order valence-corrected chi connectivity index (χ0v) is 11.9. The van der Waals surface area contributed by atoms with Gasteiger partial charge in [-0.2, -0.15) is 0 Å². The highest BCUT2D eigenvalue weighted by Crippen LogP contribution is 2.27. The molecule has 0 unspecified atom stereocenters. The average Bonchev–Trinajstić information content (AvgIpc) is 3.37. The molecule has 0 saturated heterocycles. The van der Waals surface area contributed by atoms with Gasteiger partial charge >= 0.3 is 0 Å². The predicted molar refractivity (Wildman–Crippen MR) is 87.0 cm³/mol. The Morgan fingerprint density at radius 3 is 2.57 bits per heavy atom. The second-order valence-electron chi connectivity index (χ2n) is 5.76. The van der Waals surface area contributed by atoms with Crippen molar-refractivity contribution >= 4 is 10.8 Å². The molecule has 1 heterocycles. The third-order valence-electron chi connectivity index (χ3n) is 4.11. The first-order chi connectivity index (χ1) is 10.4. The topological polar surface area (TPSA) is 24.9 Å². The van der Waals surface area contributed by atoms with E-state index in [1.165, 1.54) is 40.3 Å². The van der Waals surface area contributed by atoms with E-state index in [0.717, 1.165) is 12.6 Å². The van der Waals surface area contributed by atoms with Gasteiger partial charge in [0.15, 0.2) is 0 Å². The van der Waals surface area contributed by atoms with Crippen LogP contribution in [0.1, 0.15) is 18.4 Å². The lowest BCUT2D eigenvalue weighted by atomic mass is 10.00. The molecule has 1 N–H and O–H groups in total. The molecule has 1 aliphatic rings. The number of nitrogens with zero attached hydrogens (tertiary/aromatic N) is 1. The SMILES string of the molecule is c1ccc2c(-c3ccc(CNC4CC4)cc3)cncc2c1. The van der Waals surface area contributed by atoms with Gasteiger partial charge in [-0.1, -0.05) is 48.5 Å². The molecule has 1 saturated carbocycles. The van der Waals surface area contributed by atoms with Crippen LogP contribution in [0.15, 0.2) is 60.9 Å². The van der Waals surface area contributed by atoms with Crippen LogP contribution in [-0.2, 0) is 6.54 Å². The molecule has 0 bridgehead atoms. The van der Waals surface area contributed by atoms with E-state index in [1.807, 2.05) is 12.4 Å². The van der Waals surface area contributed by atoms with Crippen molar-refractivity contribution in [3.63, 3.8) is 0 Å². The van der Waals surface area contributed by atoms with Crippen molar-refractivity contribution in [2.45, 2.75) is 25.4 Å². The molecule has 0 radical (unpaired) electrons. The standard InChI is InChI=1S/C19H18N2/c1-2-4-18-16(3-1)12-20-13-19(18)15-7-5-14(6-8-15)11-21-17-9-10-17/h1-8,12-13,17,21H,9-11H2. The summed E-state index contributed by atoms with van der Waals surface area (Å²) in [5, 5.41) is 6.00. The number of hydrogen-bond donors (Lipinski definition) is 1. The Hall–Kier alpha value is -2.19. The van der Waals surface area contributed by atoms with Crippen molar-refractivity contribution in [1.82, 2.24) is 10.3 Å². The third-order valence-corrected chi connectivity index (χ3v) is 4.11. The van der Waals surface area contributed by atoms with Gasteiger partial charge in [0.05, 0.1) is 0 Å². The van der Waals surface area contributed by atoms with Crippen LogP contribution in [-0.4, -0.2) is 11.0 Å². The molecule has 104 valence electrons. The highest BCUT2D eigenvalue weighted by Gasteiger charge is 2.19. The molecule has 1 fully saturated rings. The number of aromatic nitrogens is 1. The fourth-order valence-electron chi connectivity index (χ4n) is 2.70. The summed E-state index contributed by atoms with van der Waals surface area (Å²) in [5.74, 6) is 0. The van der Waals surface area contributed by atoms with Crippen molar-refractivity contribution in [2.24, 2.45) is 0 Å². The number of rotatable bonds is 4. The molecule has 2 heteroatoms. The van der Waals surface area contributed by atoms with Crippen LogP contribution in [0.5, 0.6) is 0 Å². The van der Waals surface area contributed by atoms with Crippen LogP contribution in [0.2, 0.25) is 0 Å². The molecular formula is C19H18N2. The normalized spacial score (nSPS) is 14.5. The van der Waals surface area contributed by atoms with Gasteiger partial charge < -0.3 is 5.32 Å². The Labute approximate surface area is 124 Å². The second-order valence-corrected chi connectivity index (χ2v) is 5.76. The summed E-state index contributed by atoms with van der Waals surface area (Å²) < 4.78 is 0. The zero-order valence-electron chi connectivity index (χ0n) is 11.9. The Morgan fingerprint density at radius 2 is 1.76 bits per heavy atom. The summed E-state index contributed by atoms with van der Waals surface area (Å²) in [5.41, 5.74) is 3.78. The fourth-order valence-corrected chi connectivity index (χ4v) is 2.70. The van der Waals surface area contributed by atoms with Gasteiger partial charge in [-0.25, -0.2) is 0 Å². The van der Waals surface area contributed by atoms with Gasteiger partial charge in [0, 0.05) is 35.9 Å². The summed E-state index contributed by atoms with van der Waals surface area (Å²) in [4.78, 5) is 4.37. The first-order valence-corrected chi connectivity index (χ1v) is 7.55. The van der Waals surface area contributed by atoms with Gasteiger partial charge in [-0.05, 0) is 29.4 Å². The largest absolute Gasteiger partial charge is 0.310 e. The summed E-state index contributed by atoms with van der Waals surface area (Å²) in [7, 11) is 0. The quantitative estimate of drug-likeness (QED) is 0.773. The molecule has 1 aromatic heterocycles. The van der Waals surface area contributed by atoms with Crippen molar-refractivity contribution in [2.75, 3.05) is 0 Å². The van der Waals surface area contributed by atoms with Crippen molar-refractivity contribution in [3.8, 4) is 11.1 Å². The molecule has 2 nitrogen and oxygen atoms in total. The van der Waals surface area contributed by atoms with E-state index in [0.29, 0.717) is 0 Å². The summed E-state index contributed by atoms with van der Waals surface area (Å²) in [6.45, 7) is 0.971. The number of nitrogens with one attached hydrogen (secondary N) is 1. The maximum Gasteiger partial charge on any atom is 0.0352 e. The Kier molecular flexibility index (Phi) is 3.17. The summed E-state index contributed by atoms with van der Waals surface area (Å²) in [6, 6.07) is 18.0. The van der Waals surface area contributed by atoms with E-state index in [-0.39, 0.29) is 0 Å². The van der Waals surface area contributed by atoms with Crippen molar-refractivity contribution < 1.29 is 0 Å². The number of fused-ring (bicyclic) bond motifs is 1. The molecule has 0 amide bonds. The van der Waals surface area contributed by atoms with Crippen molar-refractivity contribution in [3.05, 3.63) is 66.5 Å². The molecular weight excluding hydrogens is 256 g/mol. The number of benzene rings is 2. The Balaban J connectivity index is 1.65. The zero-order chi connectivity index (χ0) is 14.1. The second kappa shape index (κ2) is 5.30. The third kappa shape index (κ3) is 2.67. The molecule has 4 rings (SSSR count). The smallest absolute Gasteiger partial charge is 0.0352 e. The van der Waals surface area contributed by atoms with E-state index in [2.05, 4.69) is 58.8 Å². The minimum absolute atomic E-state index is 0.756. The van der Waals surface area contributed by atoms with Crippen LogP contribution in [0.25, 0.3) is 21.9 Å². The van der Waals surface area contributed by atoms with Gasteiger partial charge in [0.1, 0.15) is 0 Å². The Bertz CT molecular complexity index is 753. The maximum atomic E-state index is 4.37. The van der Waals surface area contributed by atoms with Crippen LogP contribution in [0.3, 0.4) is 0 Å². The molecule has 0 spiro atoms. The highest BCUT2D eigenvalue weighted by molar-refractivity contribution is 5.95.